The smallest absolute Gasteiger partial charge is 0.191 e. The van der Waals surface area contributed by atoms with Crippen LogP contribution < -0.4 is 10.6 Å². The number of fused-ring (bicyclic) bond motifs is 1. The summed E-state index contributed by atoms with van der Waals surface area (Å²) in [6.45, 7) is 4.59. The molecule has 1 aliphatic carbocycles. The summed E-state index contributed by atoms with van der Waals surface area (Å²) in [5.74, 6) is 0.868. The summed E-state index contributed by atoms with van der Waals surface area (Å²) in [5, 5.41) is 8.14. The van der Waals surface area contributed by atoms with Crippen LogP contribution in [0.1, 0.15) is 18.4 Å². The van der Waals surface area contributed by atoms with Gasteiger partial charge in [0, 0.05) is 63.5 Å². The number of halogens is 1. The van der Waals surface area contributed by atoms with Gasteiger partial charge in [-0.3, -0.25) is 9.89 Å². The van der Waals surface area contributed by atoms with Crippen LogP contribution in [0, 0.1) is 0 Å². The minimum Gasteiger partial charge on any atom is -0.383 e. The maximum atomic E-state index is 5.22. The van der Waals surface area contributed by atoms with E-state index in [1.165, 1.54) is 29.3 Å². The molecule has 1 fully saturated rings. The molecule has 6 nitrogen and oxygen atoms in total. The van der Waals surface area contributed by atoms with Gasteiger partial charge in [0.1, 0.15) is 0 Å². The normalized spacial score (nSPS) is 14.4. The quantitative estimate of drug-likeness (QED) is 0.275. The molecule has 0 spiro atoms. The van der Waals surface area contributed by atoms with Crippen molar-refractivity contribution in [3.63, 3.8) is 0 Å². The van der Waals surface area contributed by atoms with Gasteiger partial charge in [0.05, 0.1) is 6.61 Å². The lowest BCUT2D eigenvalue weighted by Gasteiger charge is -2.22. The molecule has 1 aromatic heterocycles. The van der Waals surface area contributed by atoms with Crippen LogP contribution in [0.5, 0.6) is 0 Å². The van der Waals surface area contributed by atoms with Crippen LogP contribution in [0.3, 0.4) is 0 Å². The zero-order valence-electron chi connectivity index (χ0n) is 16.3. The molecule has 3 N–H and O–H groups in total. The van der Waals surface area contributed by atoms with Gasteiger partial charge in [-0.25, -0.2) is 0 Å². The zero-order valence-corrected chi connectivity index (χ0v) is 18.7. The van der Waals surface area contributed by atoms with Crippen molar-refractivity contribution in [1.29, 1.82) is 0 Å². The number of aromatic amines is 1. The van der Waals surface area contributed by atoms with E-state index in [-0.39, 0.29) is 24.0 Å². The van der Waals surface area contributed by atoms with Gasteiger partial charge >= 0.3 is 0 Å². The third-order valence-corrected chi connectivity index (χ3v) is 4.92. The van der Waals surface area contributed by atoms with E-state index in [1.54, 1.807) is 7.11 Å². The van der Waals surface area contributed by atoms with Gasteiger partial charge in [0.25, 0.3) is 0 Å². The predicted molar refractivity (Wildman–Crippen MR) is 123 cm³/mol. The molecule has 0 bridgehead atoms. The van der Waals surface area contributed by atoms with Crippen molar-refractivity contribution in [3.8, 4) is 0 Å². The van der Waals surface area contributed by atoms with E-state index in [1.807, 2.05) is 7.05 Å². The molecule has 27 heavy (non-hydrogen) atoms. The number of ether oxygens (including phenoxy) is 1. The third kappa shape index (κ3) is 6.65. The lowest BCUT2D eigenvalue weighted by atomic mass is 10.1. The van der Waals surface area contributed by atoms with Crippen LogP contribution in [0.2, 0.25) is 0 Å². The van der Waals surface area contributed by atoms with E-state index >= 15 is 0 Å². The molecule has 1 aliphatic rings. The number of aliphatic imine (C=N–C) groups is 1. The van der Waals surface area contributed by atoms with Gasteiger partial charge < -0.3 is 20.4 Å². The Hall–Kier alpha value is -1.32. The molecule has 0 saturated heterocycles. The molecule has 0 radical (unpaired) electrons. The topological polar surface area (TPSA) is 64.7 Å². The van der Waals surface area contributed by atoms with Crippen LogP contribution in [-0.2, 0) is 11.2 Å². The first kappa shape index (κ1) is 22.0. The minimum atomic E-state index is 0. The molecule has 0 amide bonds. The number of methoxy groups -OCH3 is 1. The number of para-hydroxylation sites is 1. The molecule has 0 unspecified atom stereocenters. The summed E-state index contributed by atoms with van der Waals surface area (Å²) in [7, 11) is 3.59. The second-order valence-corrected chi connectivity index (χ2v) is 6.80. The van der Waals surface area contributed by atoms with Crippen molar-refractivity contribution < 1.29 is 4.74 Å². The molecule has 2 aromatic rings. The highest BCUT2D eigenvalue weighted by molar-refractivity contribution is 14.0. The Bertz CT molecular complexity index is 713. The average Bonchev–Trinajstić information content (AvgIpc) is 3.44. The second kappa shape index (κ2) is 11.5. The van der Waals surface area contributed by atoms with Crippen molar-refractivity contribution in [2.24, 2.45) is 4.99 Å². The SMILES string of the molecule is CN=C(NCCc1c[nH]c2ccccc12)NCCN(CCOC)C1CC1.I. The first-order chi connectivity index (χ1) is 12.8. The summed E-state index contributed by atoms with van der Waals surface area (Å²) < 4.78 is 5.22. The number of nitrogens with one attached hydrogen (secondary N) is 3. The maximum absolute atomic E-state index is 5.22. The third-order valence-electron chi connectivity index (χ3n) is 4.92. The van der Waals surface area contributed by atoms with Crippen molar-refractivity contribution in [2.75, 3.05) is 46.9 Å². The predicted octanol–water partition coefficient (Wildman–Crippen LogP) is 2.60. The van der Waals surface area contributed by atoms with Gasteiger partial charge in [0.15, 0.2) is 5.96 Å². The Morgan fingerprint density at radius 2 is 2.00 bits per heavy atom. The highest BCUT2D eigenvalue weighted by Gasteiger charge is 2.28. The number of aromatic nitrogens is 1. The summed E-state index contributed by atoms with van der Waals surface area (Å²) in [6.07, 6.45) is 5.71. The van der Waals surface area contributed by atoms with Gasteiger partial charge in [-0.2, -0.15) is 0 Å². The molecule has 7 heteroatoms. The summed E-state index contributed by atoms with van der Waals surface area (Å²) in [6, 6.07) is 9.18. The fourth-order valence-corrected chi connectivity index (χ4v) is 3.32. The molecule has 1 heterocycles. The monoisotopic (exact) mass is 485 g/mol. The van der Waals surface area contributed by atoms with Crippen molar-refractivity contribution in [1.82, 2.24) is 20.5 Å². The molecule has 0 atom stereocenters. The van der Waals surface area contributed by atoms with E-state index in [9.17, 15) is 0 Å². The van der Waals surface area contributed by atoms with E-state index in [0.29, 0.717) is 0 Å². The highest BCUT2D eigenvalue weighted by Crippen LogP contribution is 2.25. The fraction of sp³-hybridized carbons (Fsp3) is 0.550. The van der Waals surface area contributed by atoms with Gasteiger partial charge in [0.2, 0.25) is 0 Å². The van der Waals surface area contributed by atoms with Crippen LogP contribution in [0.25, 0.3) is 10.9 Å². The molecule has 0 aliphatic heterocycles. The van der Waals surface area contributed by atoms with E-state index in [2.05, 4.69) is 56.0 Å². The van der Waals surface area contributed by atoms with E-state index in [0.717, 1.165) is 51.2 Å². The summed E-state index contributed by atoms with van der Waals surface area (Å²) in [4.78, 5) is 10.2. The Balaban J connectivity index is 0.00000261. The summed E-state index contributed by atoms with van der Waals surface area (Å²) >= 11 is 0. The van der Waals surface area contributed by atoms with Crippen molar-refractivity contribution in [2.45, 2.75) is 25.3 Å². The van der Waals surface area contributed by atoms with Gasteiger partial charge in [-0.05, 0) is 30.9 Å². The number of benzene rings is 1. The Labute approximate surface area is 179 Å². The lowest BCUT2D eigenvalue weighted by molar-refractivity contribution is 0.144. The van der Waals surface area contributed by atoms with Crippen molar-refractivity contribution in [3.05, 3.63) is 36.0 Å². The fourth-order valence-electron chi connectivity index (χ4n) is 3.32. The first-order valence-corrected chi connectivity index (χ1v) is 9.54. The maximum Gasteiger partial charge on any atom is 0.191 e. The standard InChI is InChI=1S/C20H31N5O.HI/c1-21-20(23-11-12-25(13-14-26-2)17-7-8-17)22-10-9-16-15-24-19-6-4-3-5-18(16)19;/h3-6,15,17,24H,7-14H2,1-2H3,(H2,21,22,23);1H. The van der Waals surface area contributed by atoms with Crippen LogP contribution in [0.4, 0.5) is 0 Å². The number of hydrogen-bond donors (Lipinski definition) is 3. The van der Waals surface area contributed by atoms with Crippen LogP contribution >= 0.6 is 24.0 Å². The van der Waals surface area contributed by atoms with Crippen LogP contribution in [-0.4, -0.2) is 68.8 Å². The number of nitrogens with zero attached hydrogens (tertiary/aromatic N) is 2. The molecule has 1 aromatic carbocycles. The Morgan fingerprint density at radius 3 is 2.74 bits per heavy atom. The number of hydrogen-bond acceptors (Lipinski definition) is 3. The molecular weight excluding hydrogens is 453 g/mol. The average molecular weight is 485 g/mol. The van der Waals surface area contributed by atoms with Gasteiger partial charge in [-0.15, -0.1) is 24.0 Å². The molecule has 150 valence electrons. The Morgan fingerprint density at radius 1 is 1.22 bits per heavy atom. The number of guanidine groups is 1. The lowest BCUT2D eigenvalue weighted by Crippen LogP contribution is -2.43. The molecule has 3 rings (SSSR count). The Kier molecular flexibility index (Phi) is 9.36. The second-order valence-electron chi connectivity index (χ2n) is 6.80. The van der Waals surface area contributed by atoms with Crippen molar-refractivity contribution >= 4 is 40.8 Å². The number of rotatable bonds is 10. The number of H-pyrrole nitrogens is 1. The molecule has 1 saturated carbocycles. The zero-order chi connectivity index (χ0) is 18.2. The largest absolute Gasteiger partial charge is 0.383 e. The molecular formula is C20H32IN5O. The minimum absolute atomic E-state index is 0. The van der Waals surface area contributed by atoms with E-state index in [4.69, 9.17) is 4.74 Å². The van der Waals surface area contributed by atoms with E-state index < -0.39 is 0 Å². The van der Waals surface area contributed by atoms with Gasteiger partial charge in [-0.1, -0.05) is 18.2 Å². The highest BCUT2D eigenvalue weighted by atomic mass is 127. The van der Waals surface area contributed by atoms with Crippen LogP contribution in [0.15, 0.2) is 35.5 Å². The summed E-state index contributed by atoms with van der Waals surface area (Å²) in [5.41, 5.74) is 2.53. The first-order valence-electron chi connectivity index (χ1n) is 9.54.